The number of rotatable bonds is 2. The minimum atomic E-state index is -0.0761. The monoisotopic (exact) mass is 328 g/mol. The normalized spacial score (nSPS) is 15.7. The maximum absolute atomic E-state index is 12.5. The number of carbonyl (C=O) groups excluding carboxylic acids is 1. The Labute approximate surface area is 142 Å². The van der Waals surface area contributed by atoms with E-state index in [1.807, 2.05) is 17.2 Å². The third kappa shape index (κ3) is 3.25. The number of hydrogen-bond donors (Lipinski definition) is 0. The second-order valence-corrected chi connectivity index (χ2v) is 7.11. The van der Waals surface area contributed by atoms with E-state index in [2.05, 4.69) is 35.8 Å². The molecule has 0 spiro atoms. The van der Waals surface area contributed by atoms with Crippen molar-refractivity contribution in [3.63, 3.8) is 0 Å². The first-order chi connectivity index (χ1) is 11.4. The smallest absolute Gasteiger partial charge is 0.272 e. The first-order valence-electron chi connectivity index (χ1n) is 8.22. The minimum absolute atomic E-state index is 0.0349. The van der Waals surface area contributed by atoms with E-state index in [-0.39, 0.29) is 11.3 Å². The SMILES string of the molecule is Cn1nccc1C(=O)N1CCN(c2ccnc(C(C)(C)C)n2)CC1. The molecular weight excluding hydrogens is 304 g/mol. The molecule has 2 aromatic heterocycles. The van der Waals surface area contributed by atoms with E-state index < -0.39 is 0 Å². The van der Waals surface area contributed by atoms with Crippen LogP contribution in [0, 0.1) is 0 Å². The summed E-state index contributed by atoms with van der Waals surface area (Å²) < 4.78 is 1.62. The summed E-state index contributed by atoms with van der Waals surface area (Å²) in [4.78, 5) is 25.7. The number of carbonyl (C=O) groups is 1. The third-order valence-electron chi connectivity index (χ3n) is 4.24. The molecule has 0 aromatic carbocycles. The predicted molar refractivity (Wildman–Crippen MR) is 92.1 cm³/mol. The van der Waals surface area contributed by atoms with Crippen LogP contribution >= 0.6 is 0 Å². The van der Waals surface area contributed by atoms with Crippen LogP contribution in [0.2, 0.25) is 0 Å². The molecule has 3 heterocycles. The average Bonchev–Trinajstić information content (AvgIpc) is 3.00. The molecule has 1 saturated heterocycles. The zero-order chi connectivity index (χ0) is 17.3. The molecule has 0 bridgehead atoms. The van der Waals surface area contributed by atoms with Crippen molar-refractivity contribution in [1.29, 1.82) is 0 Å². The van der Waals surface area contributed by atoms with Crippen molar-refractivity contribution in [2.75, 3.05) is 31.1 Å². The molecule has 128 valence electrons. The molecule has 7 nitrogen and oxygen atoms in total. The first-order valence-corrected chi connectivity index (χ1v) is 8.22. The van der Waals surface area contributed by atoms with Gasteiger partial charge in [0.1, 0.15) is 17.3 Å². The molecule has 1 fully saturated rings. The number of aromatic nitrogens is 4. The van der Waals surface area contributed by atoms with Gasteiger partial charge in [-0.3, -0.25) is 9.48 Å². The fraction of sp³-hybridized carbons (Fsp3) is 0.529. The summed E-state index contributed by atoms with van der Waals surface area (Å²) in [6.45, 7) is 9.22. The van der Waals surface area contributed by atoms with E-state index in [1.165, 1.54) is 0 Å². The van der Waals surface area contributed by atoms with Gasteiger partial charge < -0.3 is 9.80 Å². The molecule has 1 amide bonds. The van der Waals surface area contributed by atoms with Crippen LogP contribution in [0.5, 0.6) is 0 Å². The van der Waals surface area contributed by atoms with E-state index >= 15 is 0 Å². The van der Waals surface area contributed by atoms with Crippen molar-refractivity contribution < 1.29 is 4.79 Å². The summed E-state index contributed by atoms with van der Waals surface area (Å²) >= 11 is 0. The summed E-state index contributed by atoms with van der Waals surface area (Å²) in [6.07, 6.45) is 3.47. The summed E-state index contributed by atoms with van der Waals surface area (Å²) in [6, 6.07) is 3.70. The van der Waals surface area contributed by atoms with Crippen LogP contribution < -0.4 is 4.90 Å². The fourth-order valence-electron chi connectivity index (χ4n) is 2.77. The zero-order valence-electron chi connectivity index (χ0n) is 14.7. The molecular formula is C17H24N6O. The Morgan fingerprint density at radius 3 is 2.38 bits per heavy atom. The summed E-state index contributed by atoms with van der Waals surface area (Å²) in [5.41, 5.74) is 0.549. The molecule has 0 unspecified atom stereocenters. The van der Waals surface area contributed by atoms with Gasteiger partial charge in [-0.1, -0.05) is 20.8 Å². The lowest BCUT2D eigenvalue weighted by Crippen LogP contribution is -2.49. The molecule has 0 saturated carbocycles. The van der Waals surface area contributed by atoms with Gasteiger partial charge in [-0.15, -0.1) is 0 Å². The highest BCUT2D eigenvalue weighted by Gasteiger charge is 2.25. The number of nitrogens with zero attached hydrogens (tertiary/aromatic N) is 6. The second-order valence-electron chi connectivity index (χ2n) is 7.11. The van der Waals surface area contributed by atoms with Crippen molar-refractivity contribution in [1.82, 2.24) is 24.6 Å². The Morgan fingerprint density at radius 1 is 1.08 bits per heavy atom. The van der Waals surface area contributed by atoms with Gasteiger partial charge in [-0.2, -0.15) is 5.10 Å². The molecule has 1 aliphatic rings. The Morgan fingerprint density at radius 2 is 1.79 bits per heavy atom. The Hall–Kier alpha value is -2.44. The van der Waals surface area contributed by atoms with Crippen molar-refractivity contribution in [2.24, 2.45) is 7.05 Å². The van der Waals surface area contributed by atoms with Gasteiger partial charge in [-0.25, -0.2) is 9.97 Å². The van der Waals surface area contributed by atoms with E-state index in [1.54, 1.807) is 24.0 Å². The summed E-state index contributed by atoms with van der Waals surface area (Å²) in [5, 5.41) is 4.07. The van der Waals surface area contributed by atoms with E-state index in [0.717, 1.165) is 24.7 Å². The minimum Gasteiger partial charge on any atom is -0.353 e. The van der Waals surface area contributed by atoms with Gasteiger partial charge >= 0.3 is 0 Å². The van der Waals surface area contributed by atoms with Crippen molar-refractivity contribution in [3.05, 3.63) is 36.0 Å². The zero-order valence-corrected chi connectivity index (χ0v) is 14.7. The van der Waals surface area contributed by atoms with Gasteiger partial charge in [0.25, 0.3) is 5.91 Å². The van der Waals surface area contributed by atoms with Crippen LogP contribution in [0.4, 0.5) is 5.82 Å². The Balaban J connectivity index is 1.67. The van der Waals surface area contributed by atoms with Crippen LogP contribution in [0.1, 0.15) is 37.1 Å². The van der Waals surface area contributed by atoms with Crippen LogP contribution in [-0.4, -0.2) is 56.7 Å². The van der Waals surface area contributed by atoms with Crippen LogP contribution in [-0.2, 0) is 12.5 Å². The van der Waals surface area contributed by atoms with Crippen molar-refractivity contribution in [3.8, 4) is 0 Å². The van der Waals surface area contributed by atoms with E-state index in [0.29, 0.717) is 18.8 Å². The lowest BCUT2D eigenvalue weighted by atomic mass is 9.96. The molecule has 1 aliphatic heterocycles. The molecule has 0 N–H and O–H groups in total. The van der Waals surface area contributed by atoms with Gasteiger partial charge in [0.2, 0.25) is 0 Å². The predicted octanol–water partition coefficient (Wildman–Crippen LogP) is 1.47. The number of aryl methyl sites for hydroxylation is 1. The quantitative estimate of drug-likeness (QED) is 0.835. The maximum atomic E-state index is 12.5. The van der Waals surface area contributed by atoms with Crippen molar-refractivity contribution in [2.45, 2.75) is 26.2 Å². The maximum Gasteiger partial charge on any atom is 0.272 e. The highest BCUT2D eigenvalue weighted by atomic mass is 16.2. The van der Waals surface area contributed by atoms with E-state index in [9.17, 15) is 4.79 Å². The average molecular weight is 328 g/mol. The number of piperazine rings is 1. The van der Waals surface area contributed by atoms with Crippen LogP contribution in [0.3, 0.4) is 0 Å². The van der Waals surface area contributed by atoms with Crippen LogP contribution in [0.25, 0.3) is 0 Å². The topological polar surface area (TPSA) is 67.2 Å². The van der Waals surface area contributed by atoms with Gasteiger partial charge in [0, 0.05) is 51.0 Å². The highest BCUT2D eigenvalue weighted by Crippen LogP contribution is 2.21. The molecule has 0 atom stereocenters. The lowest BCUT2D eigenvalue weighted by molar-refractivity contribution is 0.0735. The molecule has 0 aliphatic carbocycles. The lowest BCUT2D eigenvalue weighted by Gasteiger charge is -2.35. The molecule has 3 rings (SSSR count). The summed E-state index contributed by atoms with van der Waals surface area (Å²) in [7, 11) is 1.79. The second kappa shape index (κ2) is 6.22. The standard InChI is InChI=1S/C17H24N6O/c1-17(2,3)16-18-7-6-14(20-16)22-9-11-23(12-10-22)15(24)13-5-8-19-21(13)4/h5-8H,9-12H2,1-4H3. The Kier molecular flexibility index (Phi) is 4.26. The fourth-order valence-corrected chi connectivity index (χ4v) is 2.77. The molecule has 0 radical (unpaired) electrons. The number of amides is 1. The first kappa shape index (κ1) is 16.4. The molecule has 2 aromatic rings. The van der Waals surface area contributed by atoms with Crippen molar-refractivity contribution >= 4 is 11.7 Å². The van der Waals surface area contributed by atoms with Crippen LogP contribution in [0.15, 0.2) is 24.5 Å². The van der Waals surface area contributed by atoms with Gasteiger partial charge in [0.05, 0.1) is 0 Å². The largest absolute Gasteiger partial charge is 0.353 e. The van der Waals surface area contributed by atoms with Gasteiger partial charge in [0.15, 0.2) is 0 Å². The molecule has 7 heteroatoms. The highest BCUT2D eigenvalue weighted by molar-refractivity contribution is 5.92. The Bertz CT molecular complexity index is 725. The number of anilines is 1. The van der Waals surface area contributed by atoms with Gasteiger partial charge in [-0.05, 0) is 12.1 Å². The van der Waals surface area contributed by atoms with E-state index in [4.69, 9.17) is 4.98 Å². The number of hydrogen-bond acceptors (Lipinski definition) is 5. The molecule has 24 heavy (non-hydrogen) atoms. The third-order valence-corrected chi connectivity index (χ3v) is 4.24. The summed E-state index contributed by atoms with van der Waals surface area (Å²) in [5.74, 6) is 1.81.